The van der Waals surface area contributed by atoms with Crippen LogP contribution in [0.15, 0.2) is 352 Å². The Kier molecular flexibility index (Phi) is 14.0. The highest BCUT2D eigenvalue weighted by Gasteiger charge is 2.24. The molecule has 0 aliphatic heterocycles. The van der Waals surface area contributed by atoms with Crippen molar-refractivity contribution < 1.29 is 0 Å². The van der Waals surface area contributed by atoms with Crippen LogP contribution in [0.1, 0.15) is 0 Å². The van der Waals surface area contributed by atoms with E-state index in [4.69, 9.17) is 0 Å². The van der Waals surface area contributed by atoms with Gasteiger partial charge in [-0.25, -0.2) is 0 Å². The molecule has 2 aromatic heterocycles. The topological polar surface area (TPSA) is 6.48 Å². The maximum atomic E-state index is 2.47. The van der Waals surface area contributed by atoms with Gasteiger partial charge in [0.1, 0.15) is 0 Å². The minimum absolute atomic E-state index is 1.05. The van der Waals surface area contributed by atoms with Crippen molar-refractivity contribution in [3.8, 4) is 77.9 Å². The third-order valence-corrected chi connectivity index (χ3v) is 20.4. The van der Waals surface area contributed by atoms with Gasteiger partial charge in [-0.05, 0) is 186 Å². The van der Waals surface area contributed by atoms with Crippen LogP contribution in [0.2, 0.25) is 0 Å². The van der Waals surface area contributed by atoms with Gasteiger partial charge in [0.25, 0.3) is 0 Å². The Hall–Kier alpha value is -11.4. The van der Waals surface area contributed by atoms with E-state index in [-0.39, 0.29) is 0 Å². The summed E-state index contributed by atoms with van der Waals surface area (Å²) in [7, 11) is 0. The van der Waals surface area contributed by atoms with Gasteiger partial charge < -0.3 is 9.80 Å². The maximum Gasteiger partial charge on any atom is 0.0560 e. The summed E-state index contributed by atoms with van der Waals surface area (Å²) in [4.78, 5) is 4.89. The summed E-state index contributed by atoms with van der Waals surface area (Å²) >= 11 is 3.74. The van der Waals surface area contributed by atoms with Crippen LogP contribution in [0.5, 0.6) is 0 Å². The van der Waals surface area contributed by atoms with Crippen LogP contribution in [0, 0.1) is 0 Å². The lowest BCUT2D eigenvalue weighted by Gasteiger charge is -2.28. The second kappa shape index (κ2) is 23.5. The molecule has 17 aromatic rings. The van der Waals surface area contributed by atoms with Gasteiger partial charge in [-0.1, -0.05) is 255 Å². The standard InChI is InChI=1S/C88H58N2S2/c1-5-19-59(20-6-1)63-35-38-66(39-36-63)81-58-76(50-51-77(81)70-45-52-85-82(55-70)79-31-15-16-34-84(79)91-85)89(73-46-41-64(42-47-73)60-21-7-2-8-22-60)74-48-43-65(44-49-74)71-56-83(90(72-28-11-4-12-29-72)75-30-17-27-68(54-75)61-23-9-3-10-24-61)87-80-33-18-32-78(88(80)92-86(87)57-71)69-40-37-62-25-13-14-26-67(62)53-69/h1-58H. The predicted molar refractivity (Wildman–Crippen MR) is 397 cm³/mol. The van der Waals surface area contributed by atoms with Crippen molar-refractivity contribution in [1.82, 2.24) is 0 Å². The van der Waals surface area contributed by atoms with E-state index in [0.29, 0.717) is 0 Å². The third-order valence-electron chi connectivity index (χ3n) is 18.0. The van der Waals surface area contributed by atoms with Crippen LogP contribution in [0.4, 0.5) is 34.1 Å². The molecule has 432 valence electrons. The number of hydrogen-bond donors (Lipinski definition) is 0. The molecule has 4 heteroatoms. The fourth-order valence-electron chi connectivity index (χ4n) is 13.5. The van der Waals surface area contributed by atoms with Crippen LogP contribution in [-0.2, 0) is 0 Å². The smallest absolute Gasteiger partial charge is 0.0560 e. The van der Waals surface area contributed by atoms with Gasteiger partial charge in [-0.2, -0.15) is 0 Å². The molecular formula is C88H58N2S2. The van der Waals surface area contributed by atoms with E-state index < -0.39 is 0 Å². The summed E-state index contributed by atoms with van der Waals surface area (Å²) in [5.41, 5.74) is 22.9. The summed E-state index contributed by atoms with van der Waals surface area (Å²) in [5.74, 6) is 0. The molecule has 0 amide bonds. The lowest BCUT2D eigenvalue weighted by atomic mass is 9.91. The Morgan fingerprint density at radius 1 is 0.196 bits per heavy atom. The summed E-state index contributed by atoms with van der Waals surface area (Å²) < 4.78 is 5.09. The van der Waals surface area contributed by atoms with Crippen molar-refractivity contribution >= 4 is 108 Å². The number of anilines is 6. The van der Waals surface area contributed by atoms with Gasteiger partial charge >= 0.3 is 0 Å². The van der Waals surface area contributed by atoms with Gasteiger partial charge in [0.2, 0.25) is 0 Å². The molecule has 2 nitrogen and oxygen atoms in total. The van der Waals surface area contributed by atoms with Crippen LogP contribution in [0.3, 0.4) is 0 Å². The zero-order chi connectivity index (χ0) is 60.9. The molecule has 0 fully saturated rings. The summed E-state index contributed by atoms with van der Waals surface area (Å²) in [6.07, 6.45) is 0. The summed E-state index contributed by atoms with van der Waals surface area (Å²) in [6, 6.07) is 129. The van der Waals surface area contributed by atoms with Gasteiger partial charge in [-0.15, -0.1) is 22.7 Å². The Morgan fingerprint density at radius 2 is 0.674 bits per heavy atom. The predicted octanol–water partition coefficient (Wildman–Crippen LogP) is 26.2. The molecule has 0 N–H and O–H groups in total. The second-order valence-electron chi connectivity index (χ2n) is 23.6. The quantitative estimate of drug-likeness (QED) is 0.114. The Bertz CT molecular complexity index is 5540. The monoisotopic (exact) mass is 1210 g/mol. The van der Waals surface area contributed by atoms with E-state index in [9.17, 15) is 0 Å². The van der Waals surface area contributed by atoms with E-state index >= 15 is 0 Å². The van der Waals surface area contributed by atoms with Gasteiger partial charge in [0, 0.05) is 68.8 Å². The molecule has 0 aliphatic rings. The molecule has 0 aliphatic carbocycles. The molecule has 0 bridgehead atoms. The lowest BCUT2D eigenvalue weighted by Crippen LogP contribution is -2.11. The number of rotatable bonds is 13. The number of para-hydroxylation sites is 1. The Morgan fingerprint density at radius 3 is 1.38 bits per heavy atom. The van der Waals surface area contributed by atoms with E-state index in [1.807, 2.05) is 22.7 Å². The van der Waals surface area contributed by atoms with Crippen molar-refractivity contribution in [3.05, 3.63) is 352 Å². The number of benzene rings is 15. The van der Waals surface area contributed by atoms with Gasteiger partial charge in [-0.3, -0.25) is 0 Å². The Labute approximate surface area is 543 Å². The van der Waals surface area contributed by atoms with Gasteiger partial charge in [0.15, 0.2) is 0 Å². The first kappa shape index (κ1) is 54.7. The second-order valence-corrected chi connectivity index (χ2v) is 25.7. The molecule has 17 rings (SSSR count). The zero-order valence-corrected chi connectivity index (χ0v) is 51.8. The van der Waals surface area contributed by atoms with Crippen LogP contribution < -0.4 is 9.80 Å². The first-order valence-electron chi connectivity index (χ1n) is 31.4. The fourth-order valence-corrected chi connectivity index (χ4v) is 15.9. The molecule has 0 radical (unpaired) electrons. The first-order chi connectivity index (χ1) is 45.6. The molecule has 92 heavy (non-hydrogen) atoms. The third kappa shape index (κ3) is 10.2. The largest absolute Gasteiger partial charge is 0.310 e. The SMILES string of the molecule is c1ccc(-c2ccc(-c3cc(N(c4ccc(-c5ccccc5)cc4)c4ccc(-c5cc(N(c6ccccc6)c6cccc(-c7ccccc7)c6)c6c(c5)sc5c(-c7ccc8ccccc8c7)cccc56)cc4)ccc3-c3ccc4sc5ccccc5c4c3)cc2)cc1. The van der Waals surface area contributed by atoms with E-state index in [1.54, 1.807) is 0 Å². The highest BCUT2D eigenvalue weighted by atomic mass is 32.1. The van der Waals surface area contributed by atoms with E-state index in [2.05, 4.69) is 362 Å². The summed E-state index contributed by atoms with van der Waals surface area (Å²) in [5, 5.41) is 7.51. The van der Waals surface area contributed by atoms with Gasteiger partial charge in [0.05, 0.1) is 5.69 Å². The number of hydrogen-bond acceptors (Lipinski definition) is 4. The van der Waals surface area contributed by atoms with Crippen LogP contribution in [-0.4, -0.2) is 0 Å². The molecule has 0 saturated heterocycles. The lowest BCUT2D eigenvalue weighted by molar-refractivity contribution is 1.28. The van der Waals surface area contributed by atoms with Crippen molar-refractivity contribution in [2.24, 2.45) is 0 Å². The molecular weight excluding hydrogens is 1150 g/mol. The average molecular weight is 1210 g/mol. The molecule has 15 aromatic carbocycles. The van der Waals surface area contributed by atoms with E-state index in [1.165, 1.54) is 101 Å². The normalized spacial score (nSPS) is 11.5. The van der Waals surface area contributed by atoms with Crippen LogP contribution in [0.25, 0.3) is 129 Å². The highest BCUT2D eigenvalue weighted by Crippen LogP contribution is 2.51. The number of thiophene rings is 2. The van der Waals surface area contributed by atoms with Crippen molar-refractivity contribution in [3.63, 3.8) is 0 Å². The molecule has 0 spiro atoms. The van der Waals surface area contributed by atoms with Crippen molar-refractivity contribution in [2.45, 2.75) is 0 Å². The molecule has 0 saturated carbocycles. The van der Waals surface area contributed by atoms with Crippen LogP contribution >= 0.6 is 22.7 Å². The first-order valence-corrected chi connectivity index (χ1v) is 33.0. The number of nitrogens with zero attached hydrogens (tertiary/aromatic N) is 2. The van der Waals surface area contributed by atoms with E-state index in [0.717, 1.165) is 61.9 Å². The van der Waals surface area contributed by atoms with Crippen molar-refractivity contribution in [1.29, 1.82) is 0 Å². The maximum absolute atomic E-state index is 2.47. The molecule has 0 unspecified atom stereocenters. The fraction of sp³-hybridized carbons (Fsp3) is 0. The van der Waals surface area contributed by atoms with Crippen molar-refractivity contribution in [2.75, 3.05) is 9.80 Å². The minimum Gasteiger partial charge on any atom is -0.310 e. The highest BCUT2D eigenvalue weighted by molar-refractivity contribution is 7.26. The number of fused-ring (bicyclic) bond motifs is 7. The molecule has 2 heterocycles. The minimum atomic E-state index is 1.05. The Balaban J connectivity index is 0.839. The zero-order valence-electron chi connectivity index (χ0n) is 50.2. The molecule has 0 atom stereocenters. The average Bonchev–Trinajstić information content (AvgIpc) is 1.68. The summed E-state index contributed by atoms with van der Waals surface area (Å²) in [6.45, 7) is 0.